The number of imide groups is 1. The fraction of sp³-hybridized carbons (Fsp3) is 0.200. The van der Waals surface area contributed by atoms with E-state index in [9.17, 15) is 9.59 Å². The first-order chi connectivity index (χ1) is 14.6. The predicted molar refractivity (Wildman–Crippen MR) is 117 cm³/mol. The lowest BCUT2D eigenvalue weighted by molar-refractivity contribution is -0.115. The molecule has 1 saturated carbocycles. The van der Waals surface area contributed by atoms with Crippen molar-refractivity contribution in [3.05, 3.63) is 47.8 Å². The van der Waals surface area contributed by atoms with Gasteiger partial charge in [-0.3, -0.25) is 10.1 Å². The van der Waals surface area contributed by atoms with Gasteiger partial charge in [-0.2, -0.15) is 9.61 Å². The number of nitrogens with one attached hydrogen (secondary N) is 4. The van der Waals surface area contributed by atoms with E-state index >= 15 is 0 Å². The van der Waals surface area contributed by atoms with Gasteiger partial charge >= 0.3 is 6.03 Å². The molecule has 5 rings (SSSR count). The molecule has 0 spiro atoms. The second-order valence-electron chi connectivity index (χ2n) is 7.13. The molecule has 3 aromatic rings. The van der Waals surface area contributed by atoms with Crippen LogP contribution in [0.2, 0.25) is 0 Å². The average molecular weight is 421 g/mol. The van der Waals surface area contributed by atoms with E-state index in [1.54, 1.807) is 16.8 Å². The standard InChI is InChI=1S/C20H19N7O2S/c1-30-26-14-4-2-3-11(7-14)15-9-17(22-13-5-6-13)27-18(23-15)12(10-21-27)8-16-19(28)25-20(29)24-16/h2-4,7-10,13,22,26H,5-6H2,1H3,(H2,24,25,28,29)/b16-8-. The van der Waals surface area contributed by atoms with Gasteiger partial charge in [-0.25, -0.2) is 9.78 Å². The Hall–Kier alpha value is -3.53. The third-order valence-electron chi connectivity index (χ3n) is 4.83. The molecule has 3 heterocycles. The highest BCUT2D eigenvalue weighted by molar-refractivity contribution is 7.99. The van der Waals surface area contributed by atoms with Gasteiger partial charge in [0.25, 0.3) is 5.91 Å². The van der Waals surface area contributed by atoms with Gasteiger partial charge in [-0.1, -0.05) is 24.1 Å². The minimum Gasteiger partial charge on any atom is -0.367 e. The highest BCUT2D eigenvalue weighted by Crippen LogP contribution is 2.30. The van der Waals surface area contributed by atoms with Gasteiger partial charge in [0, 0.05) is 35.2 Å². The van der Waals surface area contributed by atoms with Gasteiger partial charge in [0.1, 0.15) is 11.5 Å². The highest BCUT2D eigenvalue weighted by atomic mass is 32.2. The number of aromatic nitrogens is 3. The van der Waals surface area contributed by atoms with Gasteiger partial charge in [0.15, 0.2) is 5.65 Å². The zero-order valence-electron chi connectivity index (χ0n) is 16.1. The van der Waals surface area contributed by atoms with E-state index in [0.29, 0.717) is 17.3 Å². The summed E-state index contributed by atoms with van der Waals surface area (Å²) >= 11 is 1.53. The van der Waals surface area contributed by atoms with E-state index in [1.807, 2.05) is 36.6 Å². The fourth-order valence-electron chi connectivity index (χ4n) is 3.27. The number of hydrogen-bond acceptors (Lipinski definition) is 7. The largest absolute Gasteiger partial charge is 0.367 e. The second-order valence-corrected chi connectivity index (χ2v) is 7.75. The summed E-state index contributed by atoms with van der Waals surface area (Å²) in [6, 6.07) is 9.89. The van der Waals surface area contributed by atoms with Crippen LogP contribution in [0.4, 0.5) is 16.3 Å². The van der Waals surface area contributed by atoms with Crippen molar-refractivity contribution in [1.29, 1.82) is 0 Å². The van der Waals surface area contributed by atoms with Crippen molar-refractivity contribution < 1.29 is 9.59 Å². The van der Waals surface area contributed by atoms with Crippen molar-refractivity contribution in [1.82, 2.24) is 25.2 Å². The van der Waals surface area contributed by atoms with Crippen LogP contribution < -0.4 is 20.7 Å². The van der Waals surface area contributed by atoms with Crippen LogP contribution >= 0.6 is 11.9 Å². The quantitative estimate of drug-likeness (QED) is 0.275. The molecule has 2 aromatic heterocycles. The molecule has 0 bridgehead atoms. The molecule has 0 atom stereocenters. The van der Waals surface area contributed by atoms with Gasteiger partial charge in [-0.05, 0) is 31.1 Å². The number of fused-ring (bicyclic) bond motifs is 1. The number of urea groups is 1. The van der Waals surface area contributed by atoms with Crippen LogP contribution in [0.25, 0.3) is 23.0 Å². The summed E-state index contributed by atoms with van der Waals surface area (Å²) in [5.74, 6) is 0.368. The zero-order chi connectivity index (χ0) is 20.7. The van der Waals surface area contributed by atoms with Crippen molar-refractivity contribution in [2.45, 2.75) is 18.9 Å². The van der Waals surface area contributed by atoms with Crippen LogP contribution in [0, 0.1) is 0 Å². The monoisotopic (exact) mass is 421 g/mol. The van der Waals surface area contributed by atoms with Crippen LogP contribution in [0.3, 0.4) is 0 Å². The van der Waals surface area contributed by atoms with Gasteiger partial charge in [0.2, 0.25) is 0 Å². The summed E-state index contributed by atoms with van der Waals surface area (Å²) in [5, 5.41) is 12.7. The number of amides is 3. The Morgan fingerprint density at radius 1 is 1.23 bits per heavy atom. The summed E-state index contributed by atoms with van der Waals surface area (Å²) in [4.78, 5) is 28.2. The number of hydrogen-bond donors (Lipinski definition) is 4. The van der Waals surface area contributed by atoms with Gasteiger partial charge in [-0.15, -0.1) is 0 Å². The number of nitrogens with zero attached hydrogens (tertiary/aromatic N) is 3. The minimum absolute atomic E-state index is 0.171. The van der Waals surface area contributed by atoms with Crippen molar-refractivity contribution in [3.63, 3.8) is 0 Å². The van der Waals surface area contributed by atoms with Crippen molar-refractivity contribution in [3.8, 4) is 11.3 Å². The van der Waals surface area contributed by atoms with Crippen molar-refractivity contribution in [2.24, 2.45) is 0 Å². The third-order valence-corrected chi connectivity index (χ3v) is 5.27. The smallest absolute Gasteiger partial charge is 0.326 e. The maximum Gasteiger partial charge on any atom is 0.326 e. The molecule has 30 heavy (non-hydrogen) atoms. The van der Waals surface area contributed by atoms with Crippen LogP contribution in [0.1, 0.15) is 18.4 Å². The SMILES string of the molecule is CSNc1cccc(-c2cc(NC3CC3)n3ncc(/C=C4\NC(=O)NC4=O)c3n2)c1. The maximum absolute atomic E-state index is 11.9. The summed E-state index contributed by atoms with van der Waals surface area (Å²) in [5.41, 5.74) is 4.14. The molecule has 0 unspecified atom stereocenters. The summed E-state index contributed by atoms with van der Waals surface area (Å²) in [6.45, 7) is 0. The first-order valence-electron chi connectivity index (χ1n) is 9.49. The molecule has 1 aliphatic carbocycles. The molecule has 4 N–H and O–H groups in total. The molecule has 10 heteroatoms. The Labute approximate surface area is 176 Å². The van der Waals surface area contributed by atoms with Crippen molar-refractivity contribution in [2.75, 3.05) is 16.3 Å². The Morgan fingerprint density at radius 3 is 2.83 bits per heavy atom. The van der Waals surface area contributed by atoms with Gasteiger partial charge < -0.3 is 15.4 Å². The Morgan fingerprint density at radius 2 is 2.10 bits per heavy atom. The second kappa shape index (κ2) is 7.38. The topological polar surface area (TPSA) is 112 Å². The molecule has 1 aliphatic heterocycles. The van der Waals surface area contributed by atoms with E-state index in [4.69, 9.17) is 4.98 Å². The minimum atomic E-state index is -0.537. The number of rotatable bonds is 6. The normalized spacial score (nSPS) is 17.3. The lowest BCUT2D eigenvalue weighted by Gasteiger charge is -2.11. The molecule has 3 amide bonds. The average Bonchev–Trinajstić information content (AvgIpc) is 3.37. The number of carbonyl (C=O) groups excluding carboxylic acids is 2. The molecule has 9 nitrogen and oxygen atoms in total. The lowest BCUT2D eigenvalue weighted by Crippen LogP contribution is -2.22. The predicted octanol–water partition coefficient (Wildman–Crippen LogP) is 2.84. The van der Waals surface area contributed by atoms with Crippen molar-refractivity contribution >= 4 is 47.1 Å². The lowest BCUT2D eigenvalue weighted by atomic mass is 10.1. The van der Waals surface area contributed by atoms with E-state index in [1.165, 1.54) is 11.9 Å². The number of carbonyl (C=O) groups is 2. The molecular formula is C20H19N7O2S. The third kappa shape index (κ3) is 3.57. The maximum atomic E-state index is 11.9. The Bertz CT molecular complexity index is 1200. The molecular weight excluding hydrogens is 402 g/mol. The number of benzene rings is 1. The molecule has 2 fully saturated rings. The summed E-state index contributed by atoms with van der Waals surface area (Å²) in [7, 11) is 0. The van der Waals surface area contributed by atoms with Crippen LogP contribution in [0.5, 0.6) is 0 Å². The molecule has 1 aromatic carbocycles. The summed E-state index contributed by atoms with van der Waals surface area (Å²) in [6.07, 6.45) is 7.44. The van der Waals surface area contributed by atoms with Crippen LogP contribution in [-0.4, -0.2) is 38.8 Å². The summed E-state index contributed by atoms with van der Waals surface area (Å²) < 4.78 is 4.97. The van der Waals surface area contributed by atoms with Crippen LogP contribution in [0.15, 0.2) is 42.2 Å². The van der Waals surface area contributed by atoms with Gasteiger partial charge in [0.05, 0.1) is 11.9 Å². The molecule has 152 valence electrons. The van der Waals surface area contributed by atoms with E-state index in [2.05, 4.69) is 25.8 Å². The van der Waals surface area contributed by atoms with E-state index < -0.39 is 11.9 Å². The van der Waals surface area contributed by atoms with Crippen LogP contribution in [-0.2, 0) is 4.79 Å². The fourth-order valence-corrected chi connectivity index (χ4v) is 3.63. The first-order valence-corrected chi connectivity index (χ1v) is 10.7. The molecule has 0 radical (unpaired) electrons. The van der Waals surface area contributed by atoms with E-state index in [0.717, 1.165) is 35.6 Å². The van der Waals surface area contributed by atoms with E-state index in [-0.39, 0.29) is 5.70 Å². The Kier molecular flexibility index (Phi) is 4.55. The highest BCUT2D eigenvalue weighted by Gasteiger charge is 2.25. The number of anilines is 2. The molecule has 2 aliphatic rings. The molecule has 1 saturated heterocycles. The zero-order valence-corrected chi connectivity index (χ0v) is 16.9. The first kappa shape index (κ1) is 18.5. The Balaban J connectivity index is 1.63.